The topological polar surface area (TPSA) is 57.0 Å². The lowest BCUT2D eigenvalue weighted by molar-refractivity contribution is 0.168. The molecule has 0 spiro atoms. The highest BCUT2D eigenvalue weighted by Crippen LogP contribution is 2.28. The van der Waals surface area contributed by atoms with Gasteiger partial charge < -0.3 is 5.11 Å². The zero-order valence-electron chi connectivity index (χ0n) is 9.82. The van der Waals surface area contributed by atoms with Gasteiger partial charge in [0.25, 0.3) is 0 Å². The Morgan fingerprint density at radius 3 is 2.62 bits per heavy atom. The van der Waals surface area contributed by atoms with Crippen LogP contribution in [0.4, 0.5) is 0 Å². The van der Waals surface area contributed by atoms with E-state index < -0.39 is 6.10 Å². The summed E-state index contributed by atoms with van der Waals surface area (Å²) in [6, 6.07) is 0. The Hall–Kier alpha value is -0.390. The van der Waals surface area contributed by atoms with Crippen LogP contribution in [0.15, 0.2) is 0 Å². The molecular weight excluding hydrogens is 240 g/mol. The summed E-state index contributed by atoms with van der Waals surface area (Å²) in [6.45, 7) is 6.19. The van der Waals surface area contributed by atoms with E-state index in [1.165, 1.54) is 11.3 Å². The molecule has 1 atom stereocenters. The largest absolute Gasteiger partial charge is 0.387 e. The monoisotopic (exact) mass is 258 g/mol. The third-order valence-corrected chi connectivity index (χ3v) is 3.70. The molecule has 0 radical (unpaired) electrons. The highest BCUT2D eigenvalue weighted by Gasteiger charge is 2.18. The molecule has 3 nitrogen and oxygen atoms in total. The number of hydrogen-bond donors (Lipinski definition) is 3. The van der Waals surface area contributed by atoms with Gasteiger partial charge in [-0.05, 0) is 18.8 Å². The van der Waals surface area contributed by atoms with Crippen molar-refractivity contribution in [2.75, 3.05) is 0 Å². The molecule has 0 fully saturated rings. The Morgan fingerprint density at radius 2 is 2.19 bits per heavy atom. The second-order valence-corrected chi connectivity index (χ2v) is 5.73. The van der Waals surface area contributed by atoms with Crippen molar-refractivity contribution in [2.45, 2.75) is 39.7 Å². The van der Waals surface area contributed by atoms with Crippen molar-refractivity contribution in [1.29, 1.82) is 5.41 Å². The minimum absolute atomic E-state index is 0.171. The third kappa shape index (κ3) is 3.30. The van der Waals surface area contributed by atoms with E-state index in [1.807, 2.05) is 6.92 Å². The SMILES string of the molecule is CCC(O)c1nc(C(=N)S)sc1CC(C)C. The Morgan fingerprint density at radius 1 is 1.56 bits per heavy atom. The number of thiol groups is 1. The van der Waals surface area contributed by atoms with Gasteiger partial charge in [0.2, 0.25) is 0 Å². The van der Waals surface area contributed by atoms with Gasteiger partial charge in [-0.3, -0.25) is 5.41 Å². The van der Waals surface area contributed by atoms with Gasteiger partial charge in [0, 0.05) is 4.88 Å². The van der Waals surface area contributed by atoms with Crippen molar-refractivity contribution >= 4 is 29.0 Å². The first-order valence-corrected chi connectivity index (χ1v) is 6.67. The van der Waals surface area contributed by atoms with E-state index >= 15 is 0 Å². The zero-order valence-corrected chi connectivity index (χ0v) is 11.5. The molecule has 2 N–H and O–H groups in total. The van der Waals surface area contributed by atoms with Crippen LogP contribution in [0, 0.1) is 11.3 Å². The quantitative estimate of drug-likeness (QED) is 0.432. The zero-order chi connectivity index (χ0) is 12.3. The first-order valence-electron chi connectivity index (χ1n) is 5.41. The first kappa shape index (κ1) is 13.7. The van der Waals surface area contributed by atoms with Gasteiger partial charge in [-0.2, -0.15) is 0 Å². The second-order valence-electron chi connectivity index (χ2n) is 4.20. The predicted octanol–water partition coefficient (Wildman–Crippen LogP) is 3.04. The smallest absolute Gasteiger partial charge is 0.148 e. The maximum Gasteiger partial charge on any atom is 0.148 e. The molecule has 0 aliphatic rings. The molecule has 1 rings (SSSR count). The Kier molecular flexibility index (Phi) is 4.95. The summed E-state index contributed by atoms with van der Waals surface area (Å²) >= 11 is 5.45. The highest BCUT2D eigenvalue weighted by atomic mass is 32.1. The van der Waals surface area contributed by atoms with E-state index in [4.69, 9.17) is 5.41 Å². The van der Waals surface area contributed by atoms with Gasteiger partial charge in [0.1, 0.15) is 10.1 Å². The molecule has 1 heterocycles. The number of thiazole rings is 1. The van der Waals surface area contributed by atoms with Crippen LogP contribution in [0.5, 0.6) is 0 Å². The second kappa shape index (κ2) is 5.80. The van der Waals surface area contributed by atoms with Gasteiger partial charge in [-0.25, -0.2) is 4.98 Å². The molecule has 90 valence electrons. The highest BCUT2D eigenvalue weighted by molar-refractivity contribution is 7.97. The number of rotatable bonds is 5. The average Bonchev–Trinajstić information content (AvgIpc) is 2.59. The number of aliphatic hydroxyl groups is 1. The van der Waals surface area contributed by atoms with Gasteiger partial charge >= 0.3 is 0 Å². The number of aromatic nitrogens is 1. The van der Waals surface area contributed by atoms with Crippen LogP contribution < -0.4 is 0 Å². The molecular formula is C11H18N2OS2. The molecule has 1 aromatic heterocycles. The molecule has 0 aromatic carbocycles. The molecule has 16 heavy (non-hydrogen) atoms. The van der Waals surface area contributed by atoms with Crippen LogP contribution in [0.2, 0.25) is 0 Å². The first-order chi connectivity index (χ1) is 7.45. The van der Waals surface area contributed by atoms with Crippen molar-refractivity contribution in [2.24, 2.45) is 5.92 Å². The molecule has 1 aromatic rings. The Bertz CT molecular complexity index is 374. The number of hydrogen-bond acceptors (Lipinski definition) is 4. The fourth-order valence-electron chi connectivity index (χ4n) is 1.44. The van der Waals surface area contributed by atoms with Crippen LogP contribution in [-0.2, 0) is 6.42 Å². The average molecular weight is 258 g/mol. The van der Waals surface area contributed by atoms with Crippen LogP contribution in [0.3, 0.4) is 0 Å². The third-order valence-electron chi connectivity index (χ3n) is 2.23. The van der Waals surface area contributed by atoms with Crippen LogP contribution in [-0.4, -0.2) is 15.1 Å². The number of nitrogens with zero attached hydrogens (tertiary/aromatic N) is 1. The fraction of sp³-hybridized carbons (Fsp3) is 0.636. The lowest BCUT2D eigenvalue weighted by atomic mass is 10.1. The van der Waals surface area contributed by atoms with Gasteiger partial charge in [0.15, 0.2) is 0 Å². The minimum Gasteiger partial charge on any atom is -0.387 e. The summed E-state index contributed by atoms with van der Waals surface area (Å²) in [5, 5.41) is 18.1. The van der Waals surface area contributed by atoms with Crippen LogP contribution in [0.25, 0.3) is 0 Å². The molecule has 0 saturated heterocycles. The Labute approximate surface area is 106 Å². The van der Waals surface area contributed by atoms with Crippen LogP contribution >= 0.6 is 24.0 Å². The summed E-state index contributed by atoms with van der Waals surface area (Å²) < 4.78 is 0. The van der Waals surface area contributed by atoms with Crippen LogP contribution in [0.1, 0.15) is 48.9 Å². The van der Waals surface area contributed by atoms with E-state index in [0.717, 1.165) is 17.0 Å². The van der Waals surface area contributed by atoms with Crippen molar-refractivity contribution < 1.29 is 5.11 Å². The molecule has 0 bridgehead atoms. The normalized spacial score (nSPS) is 13.1. The number of nitrogens with one attached hydrogen (secondary N) is 1. The Balaban J connectivity index is 3.07. The van der Waals surface area contributed by atoms with Gasteiger partial charge in [0.05, 0.1) is 11.8 Å². The van der Waals surface area contributed by atoms with E-state index in [9.17, 15) is 5.11 Å². The van der Waals surface area contributed by atoms with E-state index in [0.29, 0.717) is 17.3 Å². The maximum atomic E-state index is 9.87. The summed E-state index contributed by atoms with van der Waals surface area (Å²) in [6.07, 6.45) is 1.02. The van der Waals surface area contributed by atoms with E-state index in [-0.39, 0.29) is 5.04 Å². The molecule has 5 heteroatoms. The molecule has 0 saturated carbocycles. The van der Waals surface area contributed by atoms with Crippen molar-refractivity contribution in [3.8, 4) is 0 Å². The van der Waals surface area contributed by atoms with Gasteiger partial charge in [-0.1, -0.05) is 20.8 Å². The minimum atomic E-state index is -0.522. The lowest BCUT2D eigenvalue weighted by Gasteiger charge is -2.08. The fourth-order valence-corrected chi connectivity index (χ4v) is 2.80. The van der Waals surface area contributed by atoms with Gasteiger partial charge in [-0.15, -0.1) is 24.0 Å². The summed E-state index contributed by atoms with van der Waals surface area (Å²) in [7, 11) is 0. The molecule has 0 aliphatic heterocycles. The van der Waals surface area contributed by atoms with E-state index in [1.54, 1.807) is 0 Å². The lowest BCUT2D eigenvalue weighted by Crippen LogP contribution is -2.02. The van der Waals surface area contributed by atoms with Crippen molar-refractivity contribution in [3.05, 3.63) is 15.6 Å². The molecule has 0 amide bonds. The molecule has 0 aliphatic carbocycles. The maximum absolute atomic E-state index is 9.87. The summed E-state index contributed by atoms with van der Waals surface area (Å²) in [5.41, 5.74) is 0.731. The summed E-state index contributed by atoms with van der Waals surface area (Å²) in [5.74, 6) is 0.519. The molecule has 1 unspecified atom stereocenters. The summed E-state index contributed by atoms with van der Waals surface area (Å²) in [4.78, 5) is 5.38. The predicted molar refractivity (Wildman–Crippen MR) is 71.7 cm³/mol. The standard InChI is InChI=1S/C11H18N2OS2/c1-4-7(14)9-8(5-6(2)3)16-11(13-9)10(12)15/h6-7,14H,4-5H2,1-3H3,(H2,12,15). The number of aliphatic hydroxyl groups excluding tert-OH is 1. The van der Waals surface area contributed by atoms with E-state index in [2.05, 4.69) is 31.5 Å². The van der Waals surface area contributed by atoms with Crippen molar-refractivity contribution in [3.63, 3.8) is 0 Å². The van der Waals surface area contributed by atoms with Crippen molar-refractivity contribution in [1.82, 2.24) is 4.98 Å².